The molecule has 1 aliphatic rings. The van der Waals surface area contributed by atoms with Crippen LogP contribution >= 0.6 is 0 Å². The van der Waals surface area contributed by atoms with Crippen LogP contribution in [0.15, 0.2) is 72.8 Å². The average molecular weight is 514 g/mol. The van der Waals surface area contributed by atoms with Crippen LogP contribution in [0.5, 0.6) is 11.5 Å². The highest BCUT2D eigenvalue weighted by Gasteiger charge is 2.16. The van der Waals surface area contributed by atoms with E-state index in [1.54, 1.807) is 13.2 Å². The van der Waals surface area contributed by atoms with Crippen molar-refractivity contribution in [2.75, 3.05) is 67.6 Å². The van der Waals surface area contributed by atoms with E-state index in [0.29, 0.717) is 17.9 Å². The quantitative estimate of drug-likeness (QED) is 0.267. The van der Waals surface area contributed by atoms with E-state index in [1.165, 1.54) is 5.56 Å². The Hall–Kier alpha value is -3.45. The molecule has 0 unspecified atom stereocenters. The van der Waals surface area contributed by atoms with Crippen molar-refractivity contribution in [3.63, 3.8) is 0 Å². The molecule has 0 amide bonds. The van der Waals surface area contributed by atoms with Gasteiger partial charge in [-0.2, -0.15) is 0 Å². The third kappa shape index (κ3) is 7.32. The van der Waals surface area contributed by atoms with Crippen molar-refractivity contribution in [2.45, 2.75) is 6.54 Å². The molecule has 1 aliphatic heterocycles. The van der Waals surface area contributed by atoms with Crippen molar-refractivity contribution in [1.29, 1.82) is 0 Å². The molecule has 0 radical (unpaired) electrons. The molecule has 0 aliphatic carbocycles. The first-order valence-corrected chi connectivity index (χ1v) is 13.2. The van der Waals surface area contributed by atoms with Gasteiger partial charge in [0.15, 0.2) is 5.78 Å². The fourth-order valence-electron chi connectivity index (χ4n) is 4.58. The highest BCUT2D eigenvalue weighted by atomic mass is 16.5. The SMILES string of the molecule is COc1ccccc1-c1ccc(OCCN(C)C)c(C(=O)C=Cc2ccccc2CN2CCN(C)CC2)c1. The van der Waals surface area contributed by atoms with E-state index in [1.807, 2.05) is 68.7 Å². The number of ether oxygens (including phenoxy) is 2. The fourth-order valence-corrected chi connectivity index (χ4v) is 4.58. The van der Waals surface area contributed by atoms with E-state index in [4.69, 9.17) is 9.47 Å². The topological polar surface area (TPSA) is 45.3 Å². The van der Waals surface area contributed by atoms with Gasteiger partial charge in [0, 0.05) is 44.8 Å². The first-order valence-electron chi connectivity index (χ1n) is 13.2. The molecule has 1 heterocycles. The molecule has 0 spiro atoms. The van der Waals surface area contributed by atoms with Crippen molar-refractivity contribution in [2.24, 2.45) is 0 Å². The third-order valence-electron chi connectivity index (χ3n) is 6.92. The van der Waals surface area contributed by atoms with Crippen LogP contribution < -0.4 is 9.47 Å². The van der Waals surface area contributed by atoms with Crippen LogP contribution in [-0.4, -0.2) is 88.1 Å². The Balaban J connectivity index is 1.60. The van der Waals surface area contributed by atoms with Crippen LogP contribution in [0, 0.1) is 0 Å². The minimum Gasteiger partial charge on any atom is -0.496 e. The number of methoxy groups -OCH3 is 1. The number of benzene rings is 3. The Morgan fingerprint density at radius 3 is 2.45 bits per heavy atom. The zero-order chi connectivity index (χ0) is 26.9. The lowest BCUT2D eigenvalue weighted by atomic mass is 9.98. The van der Waals surface area contributed by atoms with Gasteiger partial charge in [-0.3, -0.25) is 9.69 Å². The number of ketones is 1. The normalized spacial score (nSPS) is 14.8. The van der Waals surface area contributed by atoms with Crippen LogP contribution in [0.4, 0.5) is 0 Å². The Morgan fingerprint density at radius 1 is 0.947 bits per heavy atom. The number of allylic oxidation sites excluding steroid dienone is 1. The Kier molecular flexibility index (Phi) is 9.71. The second-order valence-electron chi connectivity index (χ2n) is 10.0. The molecule has 3 aromatic rings. The number of nitrogens with zero attached hydrogens (tertiary/aromatic N) is 3. The Morgan fingerprint density at radius 2 is 1.68 bits per heavy atom. The van der Waals surface area contributed by atoms with E-state index >= 15 is 0 Å². The van der Waals surface area contributed by atoms with Gasteiger partial charge in [-0.1, -0.05) is 54.6 Å². The van der Waals surface area contributed by atoms with E-state index in [-0.39, 0.29) is 5.78 Å². The summed E-state index contributed by atoms with van der Waals surface area (Å²) in [6.07, 6.45) is 3.61. The number of likely N-dealkylation sites (N-methyl/N-ethyl adjacent to an activating group) is 2. The predicted octanol–water partition coefficient (Wildman–Crippen LogP) is 4.95. The first kappa shape index (κ1) is 27.6. The maximum absolute atomic E-state index is 13.6. The molecule has 0 N–H and O–H groups in total. The Bertz CT molecular complexity index is 1250. The van der Waals surface area contributed by atoms with Gasteiger partial charge in [-0.05, 0) is 62.1 Å². The van der Waals surface area contributed by atoms with Crippen molar-refractivity contribution in [3.8, 4) is 22.6 Å². The summed E-state index contributed by atoms with van der Waals surface area (Å²) >= 11 is 0. The maximum atomic E-state index is 13.6. The Labute approximate surface area is 227 Å². The zero-order valence-corrected chi connectivity index (χ0v) is 23.0. The molecular weight excluding hydrogens is 474 g/mol. The summed E-state index contributed by atoms with van der Waals surface area (Å²) in [6, 6.07) is 21.9. The second-order valence-corrected chi connectivity index (χ2v) is 10.0. The second kappa shape index (κ2) is 13.4. The van der Waals surface area contributed by atoms with Crippen LogP contribution in [0.1, 0.15) is 21.5 Å². The molecule has 0 atom stereocenters. The molecule has 0 aromatic heterocycles. The van der Waals surface area contributed by atoms with Crippen LogP contribution in [0.25, 0.3) is 17.2 Å². The van der Waals surface area contributed by atoms with Gasteiger partial charge >= 0.3 is 0 Å². The van der Waals surface area contributed by atoms with Gasteiger partial charge < -0.3 is 19.3 Å². The van der Waals surface area contributed by atoms with Crippen molar-refractivity contribution in [3.05, 3.63) is 89.5 Å². The van der Waals surface area contributed by atoms with Crippen LogP contribution in [-0.2, 0) is 6.54 Å². The van der Waals surface area contributed by atoms with Gasteiger partial charge in [0.05, 0.1) is 12.7 Å². The van der Waals surface area contributed by atoms with E-state index < -0.39 is 0 Å². The lowest BCUT2D eigenvalue weighted by Crippen LogP contribution is -2.43. The van der Waals surface area contributed by atoms with Gasteiger partial charge in [-0.15, -0.1) is 0 Å². The van der Waals surface area contributed by atoms with Gasteiger partial charge in [0.25, 0.3) is 0 Å². The van der Waals surface area contributed by atoms with E-state index in [2.05, 4.69) is 39.9 Å². The summed E-state index contributed by atoms with van der Waals surface area (Å²) in [5, 5.41) is 0. The molecule has 1 fully saturated rings. The standard InChI is InChI=1S/C32H39N3O3/c1-33(2)21-22-38-32-16-14-26(28-11-7-8-12-31(28)37-4)23-29(32)30(36)15-13-25-9-5-6-10-27(25)24-35-19-17-34(3)18-20-35/h5-16,23H,17-22,24H2,1-4H3. The van der Waals surface area contributed by atoms with Crippen molar-refractivity contribution < 1.29 is 14.3 Å². The maximum Gasteiger partial charge on any atom is 0.189 e. The predicted molar refractivity (Wildman–Crippen MR) is 155 cm³/mol. The lowest BCUT2D eigenvalue weighted by molar-refractivity contribution is 0.104. The van der Waals surface area contributed by atoms with Crippen LogP contribution in [0.2, 0.25) is 0 Å². The number of rotatable bonds is 11. The molecule has 6 heteroatoms. The number of hydrogen-bond acceptors (Lipinski definition) is 6. The third-order valence-corrected chi connectivity index (χ3v) is 6.92. The van der Waals surface area contributed by atoms with Gasteiger partial charge in [0.1, 0.15) is 18.1 Å². The zero-order valence-electron chi connectivity index (χ0n) is 23.0. The molecular formula is C32H39N3O3. The molecule has 0 saturated carbocycles. The molecule has 1 saturated heterocycles. The summed E-state index contributed by atoms with van der Waals surface area (Å²) in [5.74, 6) is 1.27. The summed E-state index contributed by atoms with van der Waals surface area (Å²) < 4.78 is 11.6. The van der Waals surface area contributed by atoms with E-state index in [0.717, 1.165) is 61.7 Å². The van der Waals surface area contributed by atoms with Crippen LogP contribution in [0.3, 0.4) is 0 Å². The highest BCUT2D eigenvalue weighted by molar-refractivity contribution is 6.09. The summed E-state index contributed by atoms with van der Waals surface area (Å²) in [4.78, 5) is 20.5. The number of hydrogen-bond donors (Lipinski definition) is 0. The smallest absolute Gasteiger partial charge is 0.189 e. The minimum atomic E-state index is -0.0870. The molecule has 0 bridgehead atoms. The average Bonchev–Trinajstić information content (AvgIpc) is 2.93. The fraction of sp³-hybridized carbons (Fsp3) is 0.344. The molecule has 3 aromatic carbocycles. The summed E-state index contributed by atoms with van der Waals surface area (Å²) in [7, 11) is 7.83. The number of carbonyl (C=O) groups is 1. The van der Waals surface area contributed by atoms with Crippen molar-refractivity contribution >= 4 is 11.9 Å². The largest absolute Gasteiger partial charge is 0.496 e. The lowest BCUT2D eigenvalue weighted by Gasteiger charge is -2.32. The molecule has 6 nitrogen and oxygen atoms in total. The number of carbonyl (C=O) groups excluding carboxylic acids is 1. The monoisotopic (exact) mass is 513 g/mol. The van der Waals surface area contributed by atoms with Gasteiger partial charge in [0.2, 0.25) is 0 Å². The van der Waals surface area contributed by atoms with Crippen molar-refractivity contribution in [1.82, 2.24) is 14.7 Å². The highest BCUT2D eigenvalue weighted by Crippen LogP contribution is 2.33. The molecule has 38 heavy (non-hydrogen) atoms. The first-order chi connectivity index (χ1) is 18.4. The minimum absolute atomic E-state index is 0.0870. The summed E-state index contributed by atoms with van der Waals surface area (Å²) in [5.41, 5.74) is 4.68. The summed E-state index contributed by atoms with van der Waals surface area (Å²) in [6.45, 7) is 6.40. The molecule has 200 valence electrons. The van der Waals surface area contributed by atoms with Gasteiger partial charge in [-0.25, -0.2) is 0 Å². The molecule has 4 rings (SSSR count). The number of para-hydroxylation sites is 1. The number of piperazine rings is 1. The van der Waals surface area contributed by atoms with E-state index in [9.17, 15) is 4.79 Å².